The van der Waals surface area contributed by atoms with E-state index in [1.54, 1.807) is 6.07 Å². The van der Waals surface area contributed by atoms with E-state index in [2.05, 4.69) is 16.2 Å². The number of hydrogen-bond acceptors (Lipinski definition) is 3. The van der Waals surface area contributed by atoms with E-state index in [1.807, 2.05) is 69.2 Å². The zero-order valence-corrected chi connectivity index (χ0v) is 15.1. The van der Waals surface area contributed by atoms with Crippen LogP contribution in [0.5, 0.6) is 0 Å². The summed E-state index contributed by atoms with van der Waals surface area (Å²) in [6, 6.07) is 13.4. The van der Waals surface area contributed by atoms with Crippen molar-refractivity contribution < 1.29 is 4.79 Å². The summed E-state index contributed by atoms with van der Waals surface area (Å²) in [5, 5.41) is 3.42. The predicted octanol–water partition coefficient (Wildman–Crippen LogP) is 3.00. The Labute approximate surface area is 148 Å². The Morgan fingerprint density at radius 2 is 1.79 bits per heavy atom. The molecule has 3 N–H and O–H groups in total. The van der Waals surface area contributed by atoms with Gasteiger partial charge in [0.2, 0.25) is 0 Å². The Hall–Kier alpha value is -2.60. The molecule has 0 unspecified atom stereocenters. The average molecular weight is 342 g/mol. The molecule has 0 radical (unpaired) electrons. The highest BCUT2D eigenvalue weighted by atomic mass is 32.1. The minimum absolute atomic E-state index is 0.246. The summed E-state index contributed by atoms with van der Waals surface area (Å²) < 4.78 is 0. The first-order valence-electron chi connectivity index (χ1n) is 7.59. The fourth-order valence-electron chi connectivity index (χ4n) is 2.14. The lowest BCUT2D eigenvalue weighted by Crippen LogP contribution is -2.43. The van der Waals surface area contributed by atoms with Gasteiger partial charge in [-0.25, -0.2) is 0 Å². The Morgan fingerprint density at radius 3 is 2.50 bits per heavy atom. The topological polar surface area (TPSA) is 56.4 Å². The van der Waals surface area contributed by atoms with Gasteiger partial charge in [-0.1, -0.05) is 18.2 Å². The summed E-state index contributed by atoms with van der Waals surface area (Å²) in [6.07, 6.45) is 0. The van der Waals surface area contributed by atoms with Gasteiger partial charge in [-0.05, 0) is 61.5 Å². The molecular weight excluding hydrogens is 320 g/mol. The number of nitrogens with zero attached hydrogens (tertiary/aromatic N) is 1. The van der Waals surface area contributed by atoms with Crippen LogP contribution in [-0.2, 0) is 0 Å². The van der Waals surface area contributed by atoms with Crippen LogP contribution in [0.25, 0.3) is 0 Å². The SMILES string of the molecule is Cc1ccc(C)c(NC(=S)NNC(=O)c2cccc(N(C)C)c2)c1. The maximum Gasteiger partial charge on any atom is 0.269 e. The average Bonchev–Trinajstić information content (AvgIpc) is 2.56. The fraction of sp³-hybridized carbons (Fsp3) is 0.222. The van der Waals surface area contributed by atoms with Crippen molar-refractivity contribution in [2.24, 2.45) is 0 Å². The summed E-state index contributed by atoms with van der Waals surface area (Å²) in [6.45, 7) is 4.01. The predicted molar refractivity (Wildman–Crippen MR) is 104 cm³/mol. The van der Waals surface area contributed by atoms with E-state index in [1.165, 1.54) is 0 Å². The number of rotatable bonds is 3. The second-order valence-electron chi connectivity index (χ2n) is 5.80. The molecule has 2 aromatic rings. The lowest BCUT2D eigenvalue weighted by atomic mass is 10.1. The van der Waals surface area contributed by atoms with Gasteiger partial charge in [0.15, 0.2) is 5.11 Å². The van der Waals surface area contributed by atoms with Crippen molar-refractivity contribution in [2.75, 3.05) is 24.3 Å². The maximum atomic E-state index is 12.2. The maximum absolute atomic E-state index is 12.2. The Balaban J connectivity index is 1.95. The van der Waals surface area contributed by atoms with E-state index in [-0.39, 0.29) is 5.91 Å². The summed E-state index contributed by atoms with van der Waals surface area (Å²) >= 11 is 5.23. The van der Waals surface area contributed by atoms with Crippen molar-refractivity contribution in [1.29, 1.82) is 0 Å². The Kier molecular flexibility index (Phi) is 5.76. The van der Waals surface area contributed by atoms with Crippen molar-refractivity contribution in [1.82, 2.24) is 10.9 Å². The molecule has 0 aromatic heterocycles. The van der Waals surface area contributed by atoms with E-state index < -0.39 is 0 Å². The molecule has 0 aliphatic heterocycles. The number of hydrogen-bond donors (Lipinski definition) is 3. The van der Waals surface area contributed by atoms with Crippen molar-refractivity contribution in [3.05, 3.63) is 59.2 Å². The summed E-state index contributed by atoms with van der Waals surface area (Å²) in [5.74, 6) is -0.246. The smallest absolute Gasteiger partial charge is 0.269 e. The molecule has 24 heavy (non-hydrogen) atoms. The van der Waals surface area contributed by atoms with Crippen LogP contribution in [0.1, 0.15) is 21.5 Å². The number of benzene rings is 2. The third kappa shape index (κ3) is 4.70. The van der Waals surface area contributed by atoms with Gasteiger partial charge < -0.3 is 10.2 Å². The van der Waals surface area contributed by atoms with Gasteiger partial charge in [-0.2, -0.15) is 0 Å². The summed E-state index contributed by atoms with van der Waals surface area (Å²) in [4.78, 5) is 14.2. The lowest BCUT2D eigenvalue weighted by Gasteiger charge is -2.15. The Bertz CT molecular complexity index is 758. The van der Waals surface area contributed by atoms with Crippen LogP contribution in [-0.4, -0.2) is 25.1 Å². The highest BCUT2D eigenvalue weighted by molar-refractivity contribution is 7.80. The first kappa shape index (κ1) is 17.7. The zero-order chi connectivity index (χ0) is 17.7. The van der Waals surface area contributed by atoms with Crippen LogP contribution in [0, 0.1) is 13.8 Å². The van der Waals surface area contributed by atoms with Gasteiger partial charge in [0.05, 0.1) is 0 Å². The first-order valence-corrected chi connectivity index (χ1v) is 7.99. The molecule has 0 aliphatic rings. The van der Waals surface area contributed by atoms with Crippen LogP contribution in [0.4, 0.5) is 11.4 Å². The molecule has 2 rings (SSSR count). The molecule has 0 bridgehead atoms. The number of hydrazine groups is 1. The minimum Gasteiger partial charge on any atom is -0.378 e. The molecule has 5 nitrogen and oxygen atoms in total. The number of amides is 1. The standard InChI is InChI=1S/C18H22N4OS/c1-12-8-9-13(2)16(10-12)19-18(24)21-20-17(23)14-6-5-7-15(11-14)22(3)4/h5-11H,1-4H3,(H,20,23)(H2,19,21,24). The first-order chi connectivity index (χ1) is 11.4. The van der Waals surface area contributed by atoms with Crippen molar-refractivity contribution in [3.63, 3.8) is 0 Å². The van der Waals surface area contributed by atoms with E-state index in [0.717, 1.165) is 22.5 Å². The molecular formula is C18H22N4OS. The van der Waals surface area contributed by atoms with Crippen molar-refractivity contribution >= 4 is 34.6 Å². The van der Waals surface area contributed by atoms with Gasteiger partial charge >= 0.3 is 0 Å². The normalized spacial score (nSPS) is 10.0. The number of carbonyl (C=O) groups excluding carboxylic acids is 1. The monoisotopic (exact) mass is 342 g/mol. The molecule has 0 saturated heterocycles. The van der Waals surface area contributed by atoms with Crippen molar-refractivity contribution in [2.45, 2.75) is 13.8 Å². The van der Waals surface area contributed by atoms with E-state index >= 15 is 0 Å². The van der Waals surface area contributed by atoms with E-state index in [0.29, 0.717) is 10.7 Å². The quantitative estimate of drug-likeness (QED) is 0.591. The van der Waals surface area contributed by atoms with Gasteiger partial charge in [-0.3, -0.25) is 15.6 Å². The molecule has 6 heteroatoms. The van der Waals surface area contributed by atoms with Gasteiger partial charge in [-0.15, -0.1) is 0 Å². The number of thiocarbonyl (C=S) groups is 1. The second kappa shape index (κ2) is 7.79. The van der Waals surface area contributed by atoms with Crippen LogP contribution >= 0.6 is 12.2 Å². The number of carbonyl (C=O) groups is 1. The van der Waals surface area contributed by atoms with E-state index in [4.69, 9.17) is 12.2 Å². The number of nitrogens with one attached hydrogen (secondary N) is 3. The summed E-state index contributed by atoms with van der Waals surface area (Å²) in [7, 11) is 3.86. The third-order valence-electron chi connectivity index (χ3n) is 3.56. The number of anilines is 2. The second-order valence-corrected chi connectivity index (χ2v) is 6.20. The van der Waals surface area contributed by atoms with Crippen LogP contribution in [0.3, 0.4) is 0 Å². The molecule has 0 heterocycles. The molecule has 0 fully saturated rings. The van der Waals surface area contributed by atoms with Crippen LogP contribution in [0.15, 0.2) is 42.5 Å². The largest absolute Gasteiger partial charge is 0.378 e. The molecule has 0 atom stereocenters. The minimum atomic E-state index is -0.246. The Morgan fingerprint density at radius 1 is 1.04 bits per heavy atom. The molecule has 0 aliphatic carbocycles. The molecule has 2 aromatic carbocycles. The lowest BCUT2D eigenvalue weighted by molar-refractivity contribution is 0.0944. The van der Waals surface area contributed by atoms with E-state index in [9.17, 15) is 4.79 Å². The number of aryl methyl sites for hydroxylation is 2. The molecule has 0 spiro atoms. The van der Waals surface area contributed by atoms with Gasteiger partial charge in [0.1, 0.15) is 0 Å². The summed E-state index contributed by atoms with van der Waals surface area (Å²) in [5.41, 5.74) is 9.98. The van der Waals surface area contributed by atoms with Crippen molar-refractivity contribution in [3.8, 4) is 0 Å². The fourth-order valence-corrected chi connectivity index (χ4v) is 2.30. The molecule has 0 saturated carbocycles. The molecule has 126 valence electrons. The highest BCUT2D eigenvalue weighted by Gasteiger charge is 2.08. The van der Waals surface area contributed by atoms with Crippen LogP contribution in [0.2, 0.25) is 0 Å². The van der Waals surface area contributed by atoms with Crippen LogP contribution < -0.4 is 21.1 Å². The van der Waals surface area contributed by atoms with Gasteiger partial charge in [0.25, 0.3) is 5.91 Å². The third-order valence-corrected chi connectivity index (χ3v) is 3.76. The zero-order valence-electron chi connectivity index (χ0n) is 14.3. The highest BCUT2D eigenvalue weighted by Crippen LogP contribution is 2.16. The van der Waals surface area contributed by atoms with Gasteiger partial charge in [0, 0.05) is 31.0 Å². The molecule has 1 amide bonds.